The van der Waals surface area contributed by atoms with Crippen LogP contribution in [0.4, 0.5) is 0 Å². The highest BCUT2D eigenvalue weighted by atomic mass is 15.0. The third-order valence-corrected chi connectivity index (χ3v) is 2.69. The number of aryl methyl sites for hydroxylation is 1. The van der Waals surface area contributed by atoms with Crippen LogP contribution in [0.3, 0.4) is 0 Å². The third-order valence-electron chi connectivity index (χ3n) is 2.69. The summed E-state index contributed by atoms with van der Waals surface area (Å²) in [5, 5.41) is 0. The summed E-state index contributed by atoms with van der Waals surface area (Å²) < 4.78 is 2.29. The molecule has 2 aromatic rings. The molecule has 72 valence electrons. The van der Waals surface area contributed by atoms with Crippen molar-refractivity contribution in [1.29, 1.82) is 0 Å². The van der Waals surface area contributed by atoms with E-state index in [1.165, 1.54) is 11.3 Å². The van der Waals surface area contributed by atoms with E-state index >= 15 is 0 Å². The van der Waals surface area contributed by atoms with Crippen LogP contribution in [-0.4, -0.2) is 4.57 Å². The molecule has 0 radical (unpaired) electrons. The van der Waals surface area contributed by atoms with Crippen molar-refractivity contribution in [1.82, 2.24) is 4.57 Å². The fourth-order valence-electron chi connectivity index (χ4n) is 1.81. The van der Waals surface area contributed by atoms with Gasteiger partial charge in [-0.1, -0.05) is 30.3 Å². The first-order chi connectivity index (χ1) is 6.79. The molecule has 0 fully saturated rings. The summed E-state index contributed by atoms with van der Waals surface area (Å²) in [7, 11) is 0. The Morgan fingerprint density at radius 3 is 2.29 bits per heavy atom. The van der Waals surface area contributed by atoms with Crippen molar-refractivity contribution < 1.29 is 0 Å². The molecule has 1 heteroatoms. The summed E-state index contributed by atoms with van der Waals surface area (Å²) in [5.41, 5.74) is 2.66. The van der Waals surface area contributed by atoms with E-state index in [4.69, 9.17) is 0 Å². The Hall–Kier alpha value is -1.50. The summed E-state index contributed by atoms with van der Waals surface area (Å²) in [6.07, 6.45) is 2.13. The molecule has 0 aliphatic heterocycles. The fourth-order valence-corrected chi connectivity index (χ4v) is 1.81. The Balaban J connectivity index is 2.34. The largest absolute Gasteiger partial charge is 0.345 e. The zero-order valence-electron chi connectivity index (χ0n) is 8.64. The van der Waals surface area contributed by atoms with Crippen LogP contribution >= 0.6 is 0 Å². The molecule has 0 bridgehead atoms. The molecule has 2 rings (SSSR count). The van der Waals surface area contributed by atoms with Crippen molar-refractivity contribution >= 4 is 0 Å². The van der Waals surface area contributed by atoms with Gasteiger partial charge in [-0.05, 0) is 31.5 Å². The third kappa shape index (κ3) is 1.58. The van der Waals surface area contributed by atoms with Gasteiger partial charge in [0.25, 0.3) is 0 Å². The van der Waals surface area contributed by atoms with Gasteiger partial charge in [0.1, 0.15) is 0 Å². The second kappa shape index (κ2) is 3.70. The molecule has 0 saturated heterocycles. The van der Waals surface area contributed by atoms with Gasteiger partial charge >= 0.3 is 0 Å². The van der Waals surface area contributed by atoms with Crippen LogP contribution in [0.15, 0.2) is 48.7 Å². The average Bonchev–Trinajstić information content (AvgIpc) is 2.65. The lowest BCUT2D eigenvalue weighted by Crippen LogP contribution is -2.06. The molecule has 1 nitrogen and oxygen atoms in total. The van der Waals surface area contributed by atoms with Crippen molar-refractivity contribution in [2.24, 2.45) is 0 Å². The molecule has 1 heterocycles. The van der Waals surface area contributed by atoms with Crippen LogP contribution in [0.1, 0.15) is 24.2 Å². The molecule has 0 unspecified atom stereocenters. The van der Waals surface area contributed by atoms with Gasteiger partial charge in [-0.25, -0.2) is 0 Å². The van der Waals surface area contributed by atoms with Gasteiger partial charge in [-0.15, -0.1) is 0 Å². The monoisotopic (exact) mass is 185 g/mol. The lowest BCUT2D eigenvalue weighted by atomic mass is 10.1. The molecular weight excluding hydrogens is 170 g/mol. The van der Waals surface area contributed by atoms with E-state index in [0.29, 0.717) is 6.04 Å². The molecule has 0 amide bonds. The van der Waals surface area contributed by atoms with E-state index in [9.17, 15) is 0 Å². The lowest BCUT2D eigenvalue weighted by molar-refractivity contribution is 0.626. The summed E-state index contributed by atoms with van der Waals surface area (Å²) in [4.78, 5) is 0. The van der Waals surface area contributed by atoms with Crippen LogP contribution in [0, 0.1) is 6.92 Å². The molecular formula is C13H15N. The molecule has 0 saturated carbocycles. The minimum Gasteiger partial charge on any atom is -0.345 e. The number of nitrogens with zero attached hydrogens (tertiary/aromatic N) is 1. The minimum absolute atomic E-state index is 0.422. The summed E-state index contributed by atoms with van der Waals surface area (Å²) >= 11 is 0. The van der Waals surface area contributed by atoms with Crippen molar-refractivity contribution in [3.63, 3.8) is 0 Å². The lowest BCUT2D eigenvalue weighted by Gasteiger charge is -2.16. The molecule has 1 aromatic carbocycles. The SMILES string of the molecule is Cc1cccn1[C@@H](C)c1ccccc1. The molecule has 1 aromatic heterocycles. The fraction of sp³-hybridized carbons (Fsp3) is 0.231. The Labute approximate surface area is 85.0 Å². The Morgan fingerprint density at radius 1 is 1.00 bits per heavy atom. The van der Waals surface area contributed by atoms with Crippen molar-refractivity contribution in [3.8, 4) is 0 Å². The zero-order chi connectivity index (χ0) is 9.97. The smallest absolute Gasteiger partial charge is 0.0554 e. The van der Waals surface area contributed by atoms with Gasteiger partial charge < -0.3 is 4.57 Å². The number of aromatic nitrogens is 1. The maximum absolute atomic E-state index is 2.29. The molecule has 0 N–H and O–H groups in total. The minimum atomic E-state index is 0.422. The maximum Gasteiger partial charge on any atom is 0.0554 e. The first-order valence-corrected chi connectivity index (χ1v) is 4.97. The summed E-state index contributed by atoms with van der Waals surface area (Å²) in [6, 6.07) is 15.2. The van der Waals surface area contributed by atoms with Crippen molar-refractivity contribution in [2.75, 3.05) is 0 Å². The molecule has 0 aliphatic carbocycles. The second-order valence-corrected chi connectivity index (χ2v) is 3.64. The number of benzene rings is 1. The topological polar surface area (TPSA) is 4.93 Å². The predicted octanol–water partition coefficient (Wildman–Crippen LogP) is 3.41. The average molecular weight is 185 g/mol. The van der Waals surface area contributed by atoms with Gasteiger partial charge in [0.2, 0.25) is 0 Å². The van der Waals surface area contributed by atoms with Crippen LogP contribution in [0.5, 0.6) is 0 Å². The number of hydrogen-bond acceptors (Lipinski definition) is 0. The second-order valence-electron chi connectivity index (χ2n) is 3.64. The van der Waals surface area contributed by atoms with Crippen LogP contribution in [0.25, 0.3) is 0 Å². The van der Waals surface area contributed by atoms with E-state index < -0.39 is 0 Å². The van der Waals surface area contributed by atoms with Crippen LogP contribution in [-0.2, 0) is 0 Å². The molecule has 1 atom stereocenters. The molecule has 0 aliphatic rings. The Morgan fingerprint density at radius 2 is 1.71 bits per heavy atom. The summed E-state index contributed by atoms with van der Waals surface area (Å²) in [6.45, 7) is 4.36. The quantitative estimate of drug-likeness (QED) is 0.675. The molecule has 14 heavy (non-hydrogen) atoms. The van der Waals surface area contributed by atoms with Crippen molar-refractivity contribution in [3.05, 3.63) is 59.9 Å². The van der Waals surface area contributed by atoms with E-state index in [0.717, 1.165) is 0 Å². The highest BCUT2D eigenvalue weighted by Gasteiger charge is 2.07. The zero-order valence-corrected chi connectivity index (χ0v) is 8.64. The highest BCUT2D eigenvalue weighted by Crippen LogP contribution is 2.19. The van der Waals surface area contributed by atoms with Crippen molar-refractivity contribution in [2.45, 2.75) is 19.9 Å². The van der Waals surface area contributed by atoms with E-state index in [1.54, 1.807) is 0 Å². The Kier molecular flexibility index (Phi) is 2.40. The maximum atomic E-state index is 2.29. The molecule has 0 spiro atoms. The van der Waals surface area contributed by atoms with Gasteiger partial charge in [0.05, 0.1) is 6.04 Å². The first-order valence-electron chi connectivity index (χ1n) is 4.97. The van der Waals surface area contributed by atoms with Crippen LogP contribution in [0.2, 0.25) is 0 Å². The number of rotatable bonds is 2. The van der Waals surface area contributed by atoms with Crippen LogP contribution < -0.4 is 0 Å². The van der Waals surface area contributed by atoms with Gasteiger partial charge in [-0.2, -0.15) is 0 Å². The predicted molar refractivity (Wildman–Crippen MR) is 59.4 cm³/mol. The highest BCUT2D eigenvalue weighted by molar-refractivity contribution is 5.21. The summed E-state index contributed by atoms with van der Waals surface area (Å²) in [5.74, 6) is 0. The van der Waals surface area contributed by atoms with E-state index in [-0.39, 0.29) is 0 Å². The van der Waals surface area contributed by atoms with E-state index in [1.807, 2.05) is 0 Å². The van der Waals surface area contributed by atoms with Gasteiger partial charge in [0.15, 0.2) is 0 Å². The van der Waals surface area contributed by atoms with E-state index in [2.05, 4.69) is 67.1 Å². The normalized spacial score (nSPS) is 12.7. The Bertz CT molecular complexity index is 400. The standard InChI is InChI=1S/C13H15N/c1-11-7-6-10-14(11)12(2)13-8-4-3-5-9-13/h3-10,12H,1-2H3/t12-/m0/s1. The first kappa shape index (κ1) is 9.07. The van der Waals surface area contributed by atoms with Gasteiger partial charge in [0, 0.05) is 11.9 Å². The number of hydrogen-bond donors (Lipinski definition) is 0. The van der Waals surface area contributed by atoms with Gasteiger partial charge in [-0.3, -0.25) is 0 Å².